The monoisotopic (exact) mass is 270 g/mol. The predicted molar refractivity (Wildman–Crippen MR) is 81.6 cm³/mol. The number of nitrogens with one attached hydrogen (secondary N) is 1. The molecule has 106 valence electrons. The Hall–Kier alpha value is -1.77. The quantitative estimate of drug-likeness (QED) is 0.889. The molecule has 1 aliphatic rings. The first kappa shape index (κ1) is 13.2. The molecule has 1 saturated carbocycles. The number of anilines is 1. The van der Waals surface area contributed by atoms with Crippen molar-refractivity contribution in [1.82, 2.24) is 4.98 Å². The molecule has 3 nitrogen and oxygen atoms in total. The van der Waals surface area contributed by atoms with Gasteiger partial charge in [-0.15, -0.1) is 0 Å². The van der Waals surface area contributed by atoms with Crippen molar-refractivity contribution in [2.45, 2.75) is 39.7 Å². The maximum absolute atomic E-state index is 5.25. The zero-order valence-electron chi connectivity index (χ0n) is 12.4. The van der Waals surface area contributed by atoms with Crippen molar-refractivity contribution in [2.24, 2.45) is 11.8 Å². The molecule has 0 atom stereocenters. The number of aryl methyl sites for hydroxylation is 1. The lowest BCUT2D eigenvalue weighted by molar-refractivity contribution is 0.212. The maximum atomic E-state index is 5.25. The van der Waals surface area contributed by atoms with Gasteiger partial charge in [0, 0.05) is 24.2 Å². The van der Waals surface area contributed by atoms with E-state index in [9.17, 15) is 0 Å². The molecule has 1 N–H and O–H groups in total. The van der Waals surface area contributed by atoms with E-state index in [0.717, 1.165) is 23.1 Å². The van der Waals surface area contributed by atoms with Crippen LogP contribution in [0.25, 0.3) is 11.3 Å². The molecule has 0 amide bonds. The minimum absolute atomic E-state index is 0.641. The molecule has 0 saturated heterocycles. The van der Waals surface area contributed by atoms with Gasteiger partial charge in [0.1, 0.15) is 12.0 Å². The van der Waals surface area contributed by atoms with Crippen molar-refractivity contribution in [1.29, 1.82) is 0 Å². The lowest BCUT2D eigenvalue weighted by Crippen LogP contribution is -2.37. The third kappa shape index (κ3) is 2.72. The Morgan fingerprint density at radius 3 is 2.45 bits per heavy atom. The van der Waals surface area contributed by atoms with E-state index in [1.54, 1.807) is 6.26 Å². The average Bonchev–Trinajstić information content (AvgIpc) is 2.80. The molecule has 0 radical (unpaired) electrons. The van der Waals surface area contributed by atoms with Crippen molar-refractivity contribution < 1.29 is 4.42 Å². The fourth-order valence-electron chi connectivity index (χ4n) is 2.79. The first-order chi connectivity index (χ1) is 9.61. The number of oxazole rings is 1. The first-order valence-electron chi connectivity index (χ1n) is 7.41. The van der Waals surface area contributed by atoms with Gasteiger partial charge in [0.15, 0.2) is 5.89 Å². The van der Waals surface area contributed by atoms with Gasteiger partial charge in [0.2, 0.25) is 0 Å². The van der Waals surface area contributed by atoms with Crippen molar-refractivity contribution in [3.63, 3.8) is 0 Å². The molecule has 1 heterocycles. The highest BCUT2D eigenvalue weighted by Gasteiger charge is 2.30. The van der Waals surface area contributed by atoms with Gasteiger partial charge < -0.3 is 9.73 Å². The summed E-state index contributed by atoms with van der Waals surface area (Å²) in [5.41, 5.74) is 3.19. The van der Waals surface area contributed by atoms with Crippen LogP contribution in [0.3, 0.4) is 0 Å². The topological polar surface area (TPSA) is 38.1 Å². The summed E-state index contributed by atoms with van der Waals surface area (Å²) in [6.07, 6.45) is 4.29. The third-order valence-corrected chi connectivity index (χ3v) is 4.29. The van der Waals surface area contributed by atoms with Crippen LogP contribution >= 0.6 is 0 Å². The van der Waals surface area contributed by atoms with Crippen LogP contribution in [0.1, 0.15) is 32.6 Å². The zero-order chi connectivity index (χ0) is 14.1. The van der Waals surface area contributed by atoms with Gasteiger partial charge in [0.25, 0.3) is 0 Å². The first-order valence-corrected chi connectivity index (χ1v) is 7.41. The van der Waals surface area contributed by atoms with Crippen molar-refractivity contribution >= 4 is 5.69 Å². The number of hydrogen-bond acceptors (Lipinski definition) is 3. The Labute approximate surface area is 120 Å². The Balaban J connectivity index is 1.60. The molecule has 0 spiro atoms. The van der Waals surface area contributed by atoms with E-state index >= 15 is 0 Å². The van der Waals surface area contributed by atoms with Crippen LogP contribution in [-0.4, -0.2) is 11.0 Å². The second-order valence-electron chi connectivity index (χ2n) is 6.15. The Morgan fingerprint density at radius 2 is 1.90 bits per heavy atom. The summed E-state index contributed by atoms with van der Waals surface area (Å²) in [6, 6.07) is 9.09. The number of aromatic nitrogens is 1. The van der Waals surface area contributed by atoms with Gasteiger partial charge in [0.05, 0.1) is 0 Å². The molecule has 1 fully saturated rings. The molecule has 20 heavy (non-hydrogen) atoms. The summed E-state index contributed by atoms with van der Waals surface area (Å²) in [6.45, 7) is 6.49. The summed E-state index contributed by atoms with van der Waals surface area (Å²) in [5, 5.41) is 3.60. The lowest BCUT2D eigenvalue weighted by atomic mass is 9.73. The zero-order valence-corrected chi connectivity index (χ0v) is 12.4. The molecular weight excluding hydrogens is 248 g/mol. The van der Waals surface area contributed by atoms with Crippen molar-refractivity contribution in [2.75, 3.05) is 5.32 Å². The summed E-state index contributed by atoms with van der Waals surface area (Å²) >= 11 is 0. The highest BCUT2D eigenvalue weighted by atomic mass is 16.3. The molecule has 1 aromatic carbocycles. The predicted octanol–water partition coefficient (Wildman–Crippen LogP) is 4.50. The fraction of sp³-hybridized carbons (Fsp3) is 0.471. The van der Waals surface area contributed by atoms with Gasteiger partial charge in [-0.05, 0) is 36.8 Å². The molecule has 1 aromatic heterocycles. The van der Waals surface area contributed by atoms with Crippen LogP contribution in [-0.2, 0) is 0 Å². The van der Waals surface area contributed by atoms with E-state index < -0.39 is 0 Å². The van der Waals surface area contributed by atoms with Crippen LogP contribution < -0.4 is 5.32 Å². The molecular formula is C17H22N2O. The summed E-state index contributed by atoms with van der Waals surface area (Å²) < 4.78 is 5.25. The van der Waals surface area contributed by atoms with E-state index in [1.807, 2.05) is 6.92 Å². The Bertz CT molecular complexity index is 565. The second-order valence-corrected chi connectivity index (χ2v) is 6.15. The molecule has 2 aromatic rings. The summed E-state index contributed by atoms with van der Waals surface area (Å²) in [4.78, 5) is 4.34. The standard InChI is InChI=1S/C17H22N2O/c1-11(2)14-8-16(9-14)19-15-6-4-13(5-7-15)17-10-20-12(3)18-17/h4-7,10-11,14,16,19H,8-9H2,1-3H3. The van der Waals surface area contributed by atoms with Gasteiger partial charge in [-0.1, -0.05) is 26.0 Å². The normalized spacial score (nSPS) is 21.8. The van der Waals surface area contributed by atoms with Gasteiger partial charge in [-0.2, -0.15) is 0 Å². The minimum Gasteiger partial charge on any atom is -0.449 e. The number of benzene rings is 1. The molecule has 1 aliphatic carbocycles. The van der Waals surface area contributed by atoms with E-state index in [1.165, 1.54) is 18.5 Å². The Morgan fingerprint density at radius 1 is 1.20 bits per heavy atom. The maximum Gasteiger partial charge on any atom is 0.191 e. The number of nitrogens with zero attached hydrogens (tertiary/aromatic N) is 1. The number of rotatable bonds is 4. The van der Waals surface area contributed by atoms with E-state index in [0.29, 0.717) is 11.9 Å². The smallest absolute Gasteiger partial charge is 0.191 e. The molecule has 0 aliphatic heterocycles. The minimum atomic E-state index is 0.641. The van der Waals surface area contributed by atoms with Gasteiger partial charge in [-0.3, -0.25) is 0 Å². The van der Waals surface area contributed by atoms with Gasteiger partial charge in [-0.25, -0.2) is 4.98 Å². The average molecular weight is 270 g/mol. The fourth-order valence-corrected chi connectivity index (χ4v) is 2.79. The van der Waals surface area contributed by atoms with Crippen LogP contribution in [0.5, 0.6) is 0 Å². The highest BCUT2D eigenvalue weighted by Crippen LogP contribution is 2.35. The summed E-state index contributed by atoms with van der Waals surface area (Å²) in [5.74, 6) is 2.41. The van der Waals surface area contributed by atoms with Crippen molar-refractivity contribution in [3.05, 3.63) is 36.4 Å². The second kappa shape index (κ2) is 5.31. The van der Waals surface area contributed by atoms with Crippen LogP contribution in [0.2, 0.25) is 0 Å². The van der Waals surface area contributed by atoms with Crippen LogP contribution in [0.4, 0.5) is 5.69 Å². The molecule has 0 bridgehead atoms. The SMILES string of the molecule is Cc1nc(-c2ccc(NC3CC(C(C)C)C3)cc2)co1. The Kier molecular flexibility index (Phi) is 3.51. The van der Waals surface area contributed by atoms with Crippen LogP contribution in [0.15, 0.2) is 34.9 Å². The van der Waals surface area contributed by atoms with Gasteiger partial charge >= 0.3 is 0 Å². The molecule has 0 unspecified atom stereocenters. The molecule has 3 rings (SSSR count). The van der Waals surface area contributed by atoms with E-state index in [2.05, 4.69) is 48.4 Å². The van der Waals surface area contributed by atoms with E-state index in [-0.39, 0.29) is 0 Å². The largest absolute Gasteiger partial charge is 0.449 e. The van der Waals surface area contributed by atoms with E-state index in [4.69, 9.17) is 4.42 Å². The number of hydrogen-bond donors (Lipinski definition) is 1. The summed E-state index contributed by atoms with van der Waals surface area (Å²) in [7, 11) is 0. The third-order valence-electron chi connectivity index (χ3n) is 4.29. The molecule has 3 heteroatoms. The van der Waals surface area contributed by atoms with Crippen molar-refractivity contribution in [3.8, 4) is 11.3 Å². The lowest BCUT2D eigenvalue weighted by Gasteiger charge is -2.39. The van der Waals surface area contributed by atoms with Crippen LogP contribution in [0, 0.1) is 18.8 Å². The highest BCUT2D eigenvalue weighted by molar-refractivity contribution is 5.62.